The molecular weight excluding hydrogens is 496 g/mol. The van der Waals surface area contributed by atoms with E-state index in [1.165, 1.54) is 11.9 Å². The molecule has 4 rings (SSSR count). The first kappa shape index (κ1) is 22.2. The van der Waals surface area contributed by atoms with E-state index < -0.39 is 6.23 Å². The molecule has 0 N–H and O–H groups in total. The summed E-state index contributed by atoms with van der Waals surface area (Å²) in [5.41, 5.74) is 2.44. The lowest BCUT2D eigenvalue weighted by Gasteiger charge is -2.21. The molecule has 164 valence electrons. The minimum atomic E-state index is -0.744. The number of carbonyl (C=O) groups is 1. The van der Waals surface area contributed by atoms with Gasteiger partial charge in [-0.1, -0.05) is 41.9 Å². The summed E-state index contributed by atoms with van der Waals surface area (Å²) in [6.07, 6.45) is -0.744. The molecule has 1 heterocycles. The number of hydrazone groups is 1. The fourth-order valence-corrected chi connectivity index (χ4v) is 3.94. The van der Waals surface area contributed by atoms with Crippen LogP contribution >= 0.6 is 27.5 Å². The number of hydrogen-bond acceptors (Lipinski definition) is 5. The Bertz CT molecular complexity index is 1150. The van der Waals surface area contributed by atoms with Gasteiger partial charge in [0, 0.05) is 23.1 Å². The predicted molar refractivity (Wildman–Crippen MR) is 126 cm³/mol. The second-order valence-corrected chi connectivity index (χ2v) is 8.35. The first-order valence-electron chi connectivity index (χ1n) is 9.81. The van der Waals surface area contributed by atoms with Crippen molar-refractivity contribution >= 4 is 39.3 Å². The minimum Gasteiger partial charge on any atom is -0.493 e. The van der Waals surface area contributed by atoms with Gasteiger partial charge in [0.15, 0.2) is 11.5 Å². The maximum atomic E-state index is 12.3. The molecule has 1 atom stereocenters. The Hall–Kier alpha value is -3.03. The molecule has 3 aromatic carbocycles. The van der Waals surface area contributed by atoms with Crippen molar-refractivity contribution in [2.24, 2.45) is 5.10 Å². The van der Waals surface area contributed by atoms with Crippen LogP contribution in [0.4, 0.5) is 0 Å². The van der Waals surface area contributed by atoms with Gasteiger partial charge in [0.25, 0.3) is 0 Å². The van der Waals surface area contributed by atoms with Gasteiger partial charge in [0.05, 0.1) is 11.6 Å². The average Bonchev–Trinajstić information content (AvgIpc) is 3.25. The molecule has 32 heavy (non-hydrogen) atoms. The Morgan fingerprint density at radius 1 is 1.16 bits per heavy atom. The van der Waals surface area contributed by atoms with Crippen LogP contribution in [0, 0.1) is 0 Å². The van der Waals surface area contributed by atoms with Gasteiger partial charge in [-0.15, -0.1) is 5.10 Å². The quantitative estimate of drug-likeness (QED) is 0.408. The van der Waals surface area contributed by atoms with E-state index in [4.69, 9.17) is 25.8 Å². The minimum absolute atomic E-state index is 0.251. The Morgan fingerprint density at radius 2 is 1.88 bits per heavy atom. The van der Waals surface area contributed by atoms with Crippen molar-refractivity contribution in [2.75, 3.05) is 7.11 Å². The lowest BCUT2D eigenvalue weighted by molar-refractivity contribution is -0.135. The third-order valence-corrected chi connectivity index (χ3v) is 5.66. The summed E-state index contributed by atoms with van der Waals surface area (Å²) < 4.78 is 18.3. The topological polar surface area (TPSA) is 60.4 Å². The summed E-state index contributed by atoms with van der Waals surface area (Å²) in [6, 6.07) is 20.5. The van der Waals surface area contributed by atoms with Crippen LogP contribution in [-0.4, -0.2) is 23.9 Å². The number of nitrogens with zero attached hydrogens (tertiary/aromatic N) is 2. The molecule has 1 amide bonds. The summed E-state index contributed by atoms with van der Waals surface area (Å²) in [5.74, 6) is 1.16. The van der Waals surface area contributed by atoms with Crippen LogP contribution in [0.1, 0.15) is 29.8 Å². The van der Waals surface area contributed by atoms with E-state index in [2.05, 4.69) is 21.0 Å². The Labute approximate surface area is 199 Å². The van der Waals surface area contributed by atoms with Crippen LogP contribution in [0.15, 0.2) is 76.3 Å². The highest BCUT2D eigenvalue weighted by atomic mass is 79.9. The monoisotopic (exact) mass is 514 g/mol. The van der Waals surface area contributed by atoms with Crippen molar-refractivity contribution in [3.05, 3.63) is 92.9 Å². The molecule has 1 aliphatic rings. The van der Waals surface area contributed by atoms with E-state index in [0.29, 0.717) is 39.1 Å². The summed E-state index contributed by atoms with van der Waals surface area (Å²) in [7, 11) is 1.56. The lowest BCUT2D eigenvalue weighted by Crippen LogP contribution is -2.25. The maximum absolute atomic E-state index is 12.3. The molecule has 6 nitrogen and oxygen atoms in total. The molecule has 1 aliphatic heterocycles. The van der Waals surface area contributed by atoms with Crippen LogP contribution in [0.2, 0.25) is 5.02 Å². The van der Waals surface area contributed by atoms with E-state index in [9.17, 15) is 4.79 Å². The number of benzene rings is 3. The van der Waals surface area contributed by atoms with E-state index in [-0.39, 0.29) is 5.91 Å². The molecule has 3 aromatic rings. The number of methoxy groups -OCH3 is 1. The molecule has 8 heteroatoms. The Morgan fingerprint density at radius 3 is 2.53 bits per heavy atom. The average molecular weight is 516 g/mol. The zero-order chi connectivity index (χ0) is 22.7. The standard InChI is InChI=1S/C24H20BrClN2O4/c1-15(29)28-24(32-23(27-28)17-8-10-19(26)11-9-17)18-12-20(25)22(21(13-18)30-2)31-14-16-6-4-3-5-7-16/h3-13,24H,14H2,1-2H3/t24-/m1/s1. The van der Waals surface area contributed by atoms with Crippen LogP contribution < -0.4 is 9.47 Å². The van der Waals surface area contributed by atoms with Crippen molar-refractivity contribution in [3.63, 3.8) is 0 Å². The van der Waals surface area contributed by atoms with Gasteiger partial charge in [-0.3, -0.25) is 4.79 Å². The zero-order valence-electron chi connectivity index (χ0n) is 17.4. The highest BCUT2D eigenvalue weighted by Crippen LogP contribution is 2.41. The number of halogens is 2. The number of rotatable bonds is 6. The molecule has 0 spiro atoms. The predicted octanol–water partition coefficient (Wildman–Crippen LogP) is 5.93. The summed E-state index contributed by atoms with van der Waals surface area (Å²) in [4.78, 5) is 12.3. The van der Waals surface area contributed by atoms with E-state index in [1.54, 1.807) is 37.4 Å². The lowest BCUT2D eigenvalue weighted by atomic mass is 10.1. The van der Waals surface area contributed by atoms with Gasteiger partial charge in [-0.05, 0) is 57.9 Å². The molecule has 0 radical (unpaired) electrons. The summed E-state index contributed by atoms with van der Waals surface area (Å²) in [5, 5.41) is 6.28. The number of amides is 1. The largest absolute Gasteiger partial charge is 0.493 e. The smallest absolute Gasteiger partial charge is 0.243 e. The summed E-state index contributed by atoms with van der Waals surface area (Å²) in [6.45, 7) is 1.83. The zero-order valence-corrected chi connectivity index (χ0v) is 19.8. The summed E-state index contributed by atoms with van der Waals surface area (Å²) >= 11 is 9.54. The molecule has 0 fully saturated rings. The second kappa shape index (κ2) is 9.63. The van der Waals surface area contributed by atoms with Crippen LogP contribution in [0.5, 0.6) is 11.5 Å². The number of hydrogen-bond donors (Lipinski definition) is 0. The number of ether oxygens (including phenoxy) is 3. The SMILES string of the molecule is COc1cc([C@H]2OC(c3ccc(Cl)cc3)=NN2C(C)=O)cc(Br)c1OCc1ccccc1. The molecule has 0 bridgehead atoms. The molecular formula is C24H20BrClN2O4. The molecule has 0 saturated heterocycles. The number of carbonyl (C=O) groups excluding carboxylic acids is 1. The van der Waals surface area contributed by atoms with Crippen molar-refractivity contribution in [2.45, 2.75) is 19.8 Å². The molecule has 0 aliphatic carbocycles. The van der Waals surface area contributed by atoms with Crippen LogP contribution in [0.3, 0.4) is 0 Å². The first-order valence-corrected chi connectivity index (χ1v) is 11.0. The van der Waals surface area contributed by atoms with Crippen LogP contribution in [0.25, 0.3) is 0 Å². The fraction of sp³-hybridized carbons (Fsp3) is 0.167. The van der Waals surface area contributed by atoms with Gasteiger partial charge in [-0.25, -0.2) is 0 Å². The van der Waals surface area contributed by atoms with Crippen molar-refractivity contribution in [1.29, 1.82) is 0 Å². The van der Waals surface area contributed by atoms with Gasteiger partial charge >= 0.3 is 0 Å². The van der Waals surface area contributed by atoms with Crippen LogP contribution in [-0.2, 0) is 16.1 Å². The fourth-order valence-electron chi connectivity index (χ4n) is 3.24. The molecule has 0 aromatic heterocycles. The highest BCUT2D eigenvalue weighted by molar-refractivity contribution is 9.10. The van der Waals surface area contributed by atoms with Crippen molar-refractivity contribution < 1.29 is 19.0 Å². The van der Waals surface area contributed by atoms with Gasteiger partial charge in [-0.2, -0.15) is 5.01 Å². The third kappa shape index (κ3) is 4.74. The molecule has 0 unspecified atom stereocenters. The first-order chi connectivity index (χ1) is 15.5. The van der Waals surface area contributed by atoms with Crippen molar-refractivity contribution in [1.82, 2.24) is 5.01 Å². The second-order valence-electron chi connectivity index (χ2n) is 7.05. The maximum Gasteiger partial charge on any atom is 0.243 e. The van der Waals surface area contributed by atoms with E-state index >= 15 is 0 Å². The van der Waals surface area contributed by atoms with E-state index in [0.717, 1.165) is 11.1 Å². The van der Waals surface area contributed by atoms with Gasteiger partial charge < -0.3 is 14.2 Å². The normalized spacial score (nSPS) is 15.2. The van der Waals surface area contributed by atoms with Gasteiger partial charge in [0.1, 0.15) is 6.61 Å². The van der Waals surface area contributed by atoms with E-state index in [1.807, 2.05) is 36.4 Å². The highest BCUT2D eigenvalue weighted by Gasteiger charge is 2.34. The Kier molecular flexibility index (Phi) is 6.67. The molecule has 0 saturated carbocycles. The van der Waals surface area contributed by atoms with Crippen molar-refractivity contribution in [3.8, 4) is 11.5 Å². The van der Waals surface area contributed by atoms with Gasteiger partial charge in [0.2, 0.25) is 18.0 Å². The third-order valence-electron chi connectivity index (χ3n) is 4.82. The Balaban J connectivity index is 1.61.